The van der Waals surface area contributed by atoms with Crippen LogP contribution in [0.3, 0.4) is 0 Å². The number of aliphatic hydroxyl groups is 1. The summed E-state index contributed by atoms with van der Waals surface area (Å²) in [5, 5.41) is 11.6. The number of benzene rings is 3. The lowest BCUT2D eigenvalue weighted by atomic mass is 9.95. The van der Waals surface area contributed by atoms with Crippen molar-refractivity contribution in [2.75, 3.05) is 6.61 Å². The molecule has 1 N–H and O–H groups in total. The lowest BCUT2D eigenvalue weighted by Gasteiger charge is -2.49. The Morgan fingerprint density at radius 3 is 2.06 bits per heavy atom. The summed E-state index contributed by atoms with van der Waals surface area (Å²) >= 11 is 1.36. The fourth-order valence-electron chi connectivity index (χ4n) is 4.84. The maximum atomic E-state index is 13.4. The summed E-state index contributed by atoms with van der Waals surface area (Å²) in [4.78, 5) is 28.8. The molecule has 35 heavy (non-hydrogen) atoms. The summed E-state index contributed by atoms with van der Waals surface area (Å²) in [6.45, 7) is 0.210. The van der Waals surface area contributed by atoms with Crippen LogP contribution >= 0.6 is 11.8 Å². The number of carbonyl (C=O) groups excluding carboxylic acids is 2. The largest absolute Gasteiger partial charge is 0.388 e. The average molecular weight is 490 g/mol. The molecule has 0 spiro atoms. The zero-order valence-corrected chi connectivity index (χ0v) is 19.4. The van der Waals surface area contributed by atoms with Crippen LogP contribution in [0.15, 0.2) is 89.8 Å². The van der Waals surface area contributed by atoms with Crippen LogP contribution in [0, 0.1) is 0 Å². The van der Waals surface area contributed by atoms with Crippen molar-refractivity contribution in [1.82, 2.24) is 4.90 Å². The van der Waals surface area contributed by atoms with E-state index in [0.29, 0.717) is 11.1 Å². The van der Waals surface area contributed by atoms with Gasteiger partial charge in [0, 0.05) is 10.5 Å². The van der Waals surface area contributed by atoms with Crippen LogP contribution in [-0.4, -0.2) is 58.2 Å². The van der Waals surface area contributed by atoms with Gasteiger partial charge in [-0.15, -0.1) is 0 Å². The van der Waals surface area contributed by atoms with Gasteiger partial charge in [-0.1, -0.05) is 72.4 Å². The normalized spacial score (nSPS) is 30.1. The quantitative estimate of drug-likeness (QED) is 0.560. The van der Waals surface area contributed by atoms with Gasteiger partial charge in [-0.2, -0.15) is 0 Å². The van der Waals surface area contributed by atoms with Crippen LogP contribution < -0.4 is 0 Å². The minimum absolute atomic E-state index is 0.210. The lowest BCUT2D eigenvalue weighted by Crippen LogP contribution is -2.66. The highest BCUT2D eigenvalue weighted by Crippen LogP contribution is 2.42. The Labute approximate surface area is 206 Å². The third kappa shape index (κ3) is 3.97. The van der Waals surface area contributed by atoms with E-state index in [4.69, 9.17) is 14.2 Å². The molecule has 2 saturated heterocycles. The predicted octanol–water partition coefficient (Wildman–Crippen LogP) is 3.64. The van der Waals surface area contributed by atoms with Crippen molar-refractivity contribution >= 4 is 23.6 Å². The van der Waals surface area contributed by atoms with Gasteiger partial charge in [0.25, 0.3) is 11.8 Å². The number of aliphatic hydroxyl groups excluding tert-OH is 1. The number of ether oxygens (including phenoxy) is 3. The molecule has 3 aromatic rings. The number of nitrogens with zero attached hydrogens (tertiary/aromatic N) is 1. The molecule has 0 aromatic heterocycles. The first-order valence-electron chi connectivity index (χ1n) is 11.5. The molecule has 3 aliphatic rings. The molecule has 0 bridgehead atoms. The van der Waals surface area contributed by atoms with E-state index >= 15 is 0 Å². The van der Waals surface area contributed by atoms with Crippen LogP contribution in [0.2, 0.25) is 0 Å². The molecule has 0 aliphatic carbocycles. The first-order valence-corrected chi connectivity index (χ1v) is 12.3. The zero-order chi connectivity index (χ0) is 23.9. The Hall–Kier alpha value is -3.01. The van der Waals surface area contributed by atoms with E-state index in [1.165, 1.54) is 11.8 Å². The molecule has 3 heterocycles. The number of hydrogen-bond donors (Lipinski definition) is 1. The van der Waals surface area contributed by atoms with Gasteiger partial charge in [-0.05, 0) is 24.3 Å². The van der Waals surface area contributed by atoms with Crippen molar-refractivity contribution in [1.29, 1.82) is 0 Å². The molecule has 0 saturated carbocycles. The van der Waals surface area contributed by atoms with E-state index in [9.17, 15) is 14.7 Å². The lowest BCUT2D eigenvalue weighted by molar-refractivity contribution is -0.310. The van der Waals surface area contributed by atoms with Crippen LogP contribution in [0.4, 0.5) is 0 Å². The fourth-order valence-corrected chi connectivity index (χ4v) is 6.04. The van der Waals surface area contributed by atoms with Gasteiger partial charge in [-0.25, -0.2) is 0 Å². The molecule has 0 radical (unpaired) electrons. The molecule has 3 aromatic carbocycles. The van der Waals surface area contributed by atoms with Crippen LogP contribution in [0.1, 0.15) is 32.6 Å². The number of carbonyl (C=O) groups is 2. The molecule has 0 unspecified atom stereocenters. The number of thioether (sulfide) groups is 1. The Balaban J connectivity index is 1.34. The standard InChI is InChI=1S/C27H23NO6S/c29-22-21(28-24(30)18-13-7-8-14-19(18)25(28)31)27(35-17-11-5-2-6-12-17)33-20-15-32-26(34-23(20)22)16-9-3-1-4-10-16/h1-14,20-23,26-27,29H,15H2/t20-,21-,22-,23-,26-,27+/m1/s1. The summed E-state index contributed by atoms with van der Waals surface area (Å²) < 4.78 is 18.5. The molecule has 7 nitrogen and oxygen atoms in total. The fraction of sp³-hybridized carbons (Fsp3) is 0.259. The van der Waals surface area contributed by atoms with Crippen molar-refractivity contribution in [2.45, 2.75) is 41.0 Å². The highest BCUT2D eigenvalue weighted by Gasteiger charge is 2.55. The van der Waals surface area contributed by atoms with Crippen molar-refractivity contribution in [3.8, 4) is 0 Å². The molecule has 3 aliphatic heterocycles. The second-order valence-electron chi connectivity index (χ2n) is 8.66. The maximum Gasteiger partial charge on any atom is 0.262 e. The van der Waals surface area contributed by atoms with Crippen molar-refractivity contribution < 1.29 is 28.9 Å². The van der Waals surface area contributed by atoms with Gasteiger partial charge in [0.2, 0.25) is 0 Å². The van der Waals surface area contributed by atoms with Crippen molar-refractivity contribution in [2.24, 2.45) is 0 Å². The minimum Gasteiger partial charge on any atom is -0.388 e. The summed E-state index contributed by atoms with van der Waals surface area (Å²) in [6.07, 6.45) is -3.20. The van der Waals surface area contributed by atoms with Crippen molar-refractivity contribution in [3.05, 3.63) is 102 Å². The van der Waals surface area contributed by atoms with E-state index in [2.05, 4.69) is 0 Å². The van der Waals surface area contributed by atoms with Gasteiger partial charge in [-0.3, -0.25) is 14.5 Å². The summed E-state index contributed by atoms with van der Waals surface area (Å²) in [6, 6.07) is 24.7. The van der Waals surface area contributed by atoms with E-state index in [1.807, 2.05) is 60.7 Å². The van der Waals surface area contributed by atoms with Crippen molar-refractivity contribution in [3.63, 3.8) is 0 Å². The smallest absolute Gasteiger partial charge is 0.262 e. The second-order valence-corrected chi connectivity index (χ2v) is 9.83. The third-order valence-electron chi connectivity index (χ3n) is 6.52. The highest BCUT2D eigenvalue weighted by atomic mass is 32.2. The van der Waals surface area contributed by atoms with E-state index in [-0.39, 0.29) is 6.61 Å². The minimum atomic E-state index is -1.17. The maximum absolute atomic E-state index is 13.4. The Morgan fingerprint density at radius 1 is 0.800 bits per heavy atom. The van der Waals surface area contributed by atoms with Gasteiger partial charge < -0.3 is 19.3 Å². The number of rotatable bonds is 4. The summed E-state index contributed by atoms with van der Waals surface area (Å²) in [7, 11) is 0. The van der Waals surface area contributed by atoms with Crippen LogP contribution in [-0.2, 0) is 14.2 Å². The number of hydrogen-bond acceptors (Lipinski definition) is 7. The number of fused-ring (bicyclic) bond motifs is 2. The second kappa shape index (κ2) is 9.22. The Kier molecular flexibility index (Phi) is 5.91. The molecule has 2 fully saturated rings. The van der Waals surface area contributed by atoms with Gasteiger partial charge in [0.15, 0.2) is 6.29 Å². The molecule has 6 rings (SSSR count). The topological polar surface area (TPSA) is 85.3 Å². The monoisotopic (exact) mass is 489 g/mol. The number of imide groups is 1. The number of amides is 2. The Bertz CT molecular complexity index is 1200. The molecular formula is C27H23NO6S. The molecule has 2 amide bonds. The summed E-state index contributed by atoms with van der Waals surface area (Å²) in [5.41, 5.74) is 0.753. The predicted molar refractivity (Wildman–Crippen MR) is 128 cm³/mol. The molecule has 6 atom stereocenters. The van der Waals surface area contributed by atoms with Crippen LogP contribution in [0.5, 0.6) is 0 Å². The SMILES string of the molecule is O=C1c2ccccc2C(=O)N1[C@@H]1[C@@H](O)[C@@H]2O[C@H](c3ccccc3)OC[C@H]2O[C@H]1Sc1ccccc1. The first kappa shape index (κ1) is 22.5. The highest BCUT2D eigenvalue weighted by molar-refractivity contribution is 7.99. The summed E-state index contributed by atoms with van der Waals surface area (Å²) in [5.74, 6) is -0.885. The average Bonchev–Trinajstić information content (AvgIpc) is 3.15. The van der Waals surface area contributed by atoms with E-state index in [1.54, 1.807) is 24.3 Å². The molecule has 178 valence electrons. The Morgan fingerprint density at radius 2 is 1.40 bits per heavy atom. The van der Waals surface area contributed by atoms with Crippen LogP contribution in [0.25, 0.3) is 0 Å². The molecule has 8 heteroatoms. The van der Waals surface area contributed by atoms with E-state index < -0.39 is 47.9 Å². The van der Waals surface area contributed by atoms with E-state index in [0.717, 1.165) is 15.4 Å². The van der Waals surface area contributed by atoms with Gasteiger partial charge in [0.05, 0.1) is 17.7 Å². The third-order valence-corrected chi connectivity index (χ3v) is 7.69. The molecular weight excluding hydrogens is 466 g/mol. The zero-order valence-electron chi connectivity index (χ0n) is 18.6. The van der Waals surface area contributed by atoms with Gasteiger partial charge >= 0.3 is 0 Å². The first-order chi connectivity index (χ1) is 17.1. The van der Waals surface area contributed by atoms with Gasteiger partial charge in [0.1, 0.15) is 29.8 Å².